The first-order valence-corrected chi connectivity index (χ1v) is 9.52. The van der Waals surface area contributed by atoms with Gasteiger partial charge >= 0.3 is 11.3 Å². The lowest BCUT2D eigenvalue weighted by Crippen LogP contribution is -2.60. The molecule has 2 aromatic carbocycles. The van der Waals surface area contributed by atoms with Crippen LogP contribution in [-0.2, 0) is 4.74 Å². The number of phenolic OH excluding ortho intramolecular Hbond substituents is 3. The minimum absolute atomic E-state index is 0.0720. The Kier molecular flexibility index (Phi) is 5.67. The molecular formula is C21H21O11+. The number of phenols is 3. The van der Waals surface area contributed by atoms with E-state index in [1.807, 2.05) is 0 Å². The molecule has 11 nitrogen and oxygen atoms in total. The Morgan fingerprint density at radius 2 is 1.59 bits per heavy atom. The van der Waals surface area contributed by atoms with Crippen LogP contribution in [0.5, 0.6) is 28.7 Å². The third kappa shape index (κ3) is 3.83. The molecule has 8 N–H and O–H groups in total. The average molecular weight is 449 g/mol. The summed E-state index contributed by atoms with van der Waals surface area (Å²) in [5, 5.41) is 79.4. The zero-order valence-corrected chi connectivity index (χ0v) is 16.4. The van der Waals surface area contributed by atoms with E-state index in [1.165, 1.54) is 30.3 Å². The van der Waals surface area contributed by atoms with Gasteiger partial charge in [0.2, 0.25) is 12.0 Å². The summed E-state index contributed by atoms with van der Waals surface area (Å²) in [4.78, 5) is 0. The molecule has 1 fully saturated rings. The smallest absolute Gasteiger partial charge is 0.402 e. The van der Waals surface area contributed by atoms with Crippen molar-refractivity contribution in [2.24, 2.45) is 0 Å². The lowest BCUT2D eigenvalue weighted by Gasteiger charge is -2.39. The summed E-state index contributed by atoms with van der Waals surface area (Å²) in [6, 6.07) is 7.45. The van der Waals surface area contributed by atoms with E-state index in [9.17, 15) is 40.9 Å². The van der Waals surface area contributed by atoms with Gasteiger partial charge in [0.1, 0.15) is 41.3 Å². The fraction of sp³-hybridized carbons (Fsp3) is 0.286. The summed E-state index contributed by atoms with van der Waals surface area (Å²) in [5.74, 6) is -1.56. The van der Waals surface area contributed by atoms with Crippen molar-refractivity contribution in [3.8, 4) is 40.1 Å². The van der Waals surface area contributed by atoms with Gasteiger partial charge in [0.25, 0.3) is 0 Å². The predicted molar refractivity (Wildman–Crippen MR) is 107 cm³/mol. The molecule has 0 radical (unpaired) electrons. The molecule has 1 aliphatic heterocycles. The van der Waals surface area contributed by atoms with Crippen LogP contribution in [0.3, 0.4) is 0 Å². The third-order valence-corrected chi connectivity index (χ3v) is 5.14. The maximum Gasteiger partial charge on any atom is 0.402 e. The second-order valence-corrected chi connectivity index (χ2v) is 7.34. The molecule has 0 aliphatic carbocycles. The Morgan fingerprint density at radius 3 is 2.28 bits per heavy atom. The molecule has 11 heteroatoms. The third-order valence-electron chi connectivity index (χ3n) is 5.14. The monoisotopic (exact) mass is 449 g/mol. The van der Waals surface area contributed by atoms with Gasteiger partial charge in [-0.1, -0.05) is 0 Å². The van der Waals surface area contributed by atoms with Crippen LogP contribution < -0.4 is 4.74 Å². The van der Waals surface area contributed by atoms with Crippen LogP contribution >= 0.6 is 0 Å². The number of fused-ring (bicyclic) bond motifs is 1. The molecule has 0 unspecified atom stereocenters. The Balaban J connectivity index is 1.63. The molecule has 2 heterocycles. The number of ether oxygens (including phenoxy) is 2. The van der Waals surface area contributed by atoms with E-state index in [2.05, 4.69) is 0 Å². The lowest BCUT2D eigenvalue weighted by molar-refractivity contribution is -0.277. The summed E-state index contributed by atoms with van der Waals surface area (Å²) in [7, 11) is 0. The summed E-state index contributed by atoms with van der Waals surface area (Å²) in [6.45, 7) is -0.635. The van der Waals surface area contributed by atoms with Gasteiger partial charge in [0, 0.05) is 18.2 Å². The Labute approximate surface area is 180 Å². The molecule has 170 valence electrons. The molecule has 0 amide bonds. The van der Waals surface area contributed by atoms with Gasteiger partial charge in [0.05, 0.1) is 18.2 Å². The molecule has 4 rings (SSSR count). The Hall–Kier alpha value is -3.35. The molecule has 5 atom stereocenters. The summed E-state index contributed by atoms with van der Waals surface area (Å²) >= 11 is 0. The van der Waals surface area contributed by atoms with Gasteiger partial charge in [-0.3, -0.25) is 0 Å². The van der Waals surface area contributed by atoms with Crippen LogP contribution in [0.1, 0.15) is 0 Å². The topological polar surface area (TPSA) is 192 Å². The number of benzene rings is 2. The molecule has 32 heavy (non-hydrogen) atoms. The van der Waals surface area contributed by atoms with Crippen LogP contribution in [0.15, 0.2) is 40.8 Å². The average Bonchev–Trinajstić information content (AvgIpc) is 2.75. The van der Waals surface area contributed by atoms with Crippen molar-refractivity contribution in [2.75, 3.05) is 6.61 Å². The normalized spacial score (nSPS) is 25.7. The van der Waals surface area contributed by atoms with Crippen LogP contribution in [0.4, 0.5) is 0 Å². The zero-order chi connectivity index (χ0) is 23.2. The number of aromatic hydroxyl groups is 4. The number of hydrogen-bond donors (Lipinski definition) is 8. The highest BCUT2D eigenvalue weighted by molar-refractivity contribution is 5.88. The van der Waals surface area contributed by atoms with Gasteiger partial charge in [0.15, 0.2) is 11.5 Å². The first-order chi connectivity index (χ1) is 15.2. The van der Waals surface area contributed by atoms with Gasteiger partial charge in [-0.15, -0.1) is 0 Å². The largest absolute Gasteiger partial charge is 0.507 e. The standard InChI is InChI=1S/C21H20O11/c22-7-16-17(27)18(28)19(29)21(32-16)31-14-2-1-8(3-12(14)25)20-13(26)6-10-11(24)4-9(23)5-15(10)30-20/h1-6,16-19,21-22,27-29H,7H2,(H3-,23,24,25,26)/p+1/t16-,17-,18-,19-,21-/m1/s1. The van der Waals surface area contributed by atoms with E-state index in [0.717, 1.165) is 6.07 Å². The van der Waals surface area contributed by atoms with Crippen molar-refractivity contribution in [3.63, 3.8) is 0 Å². The molecule has 0 bridgehead atoms. The minimum Gasteiger partial charge on any atom is -0.507 e. The van der Waals surface area contributed by atoms with Gasteiger partial charge in [-0.05, 0) is 12.1 Å². The van der Waals surface area contributed by atoms with Crippen molar-refractivity contribution in [3.05, 3.63) is 36.4 Å². The van der Waals surface area contributed by atoms with Crippen LogP contribution in [0.2, 0.25) is 0 Å². The second kappa shape index (κ2) is 8.30. The summed E-state index contributed by atoms with van der Waals surface area (Å²) in [6.07, 6.45) is -7.53. The van der Waals surface area contributed by atoms with Gasteiger partial charge in [-0.2, -0.15) is 0 Å². The molecule has 3 aromatic rings. The highest BCUT2D eigenvalue weighted by atomic mass is 16.7. The molecule has 1 saturated heterocycles. The summed E-state index contributed by atoms with van der Waals surface area (Å²) < 4.78 is 16.2. The van der Waals surface area contributed by atoms with Crippen molar-refractivity contribution in [2.45, 2.75) is 30.7 Å². The lowest BCUT2D eigenvalue weighted by atomic mass is 9.99. The predicted octanol–water partition coefficient (Wildman–Crippen LogP) is 0.382. The van der Waals surface area contributed by atoms with Gasteiger partial charge in [-0.25, -0.2) is 4.42 Å². The second-order valence-electron chi connectivity index (χ2n) is 7.34. The highest BCUT2D eigenvalue weighted by Gasteiger charge is 2.45. The van der Waals surface area contributed by atoms with E-state index in [0.29, 0.717) is 0 Å². The minimum atomic E-state index is -1.66. The molecular weight excluding hydrogens is 428 g/mol. The highest BCUT2D eigenvalue weighted by Crippen LogP contribution is 2.41. The van der Waals surface area contributed by atoms with Crippen LogP contribution in [0.25, 0.3) is 22.3 Å². The van der Waals surface area contributed by atoms with E-state index < -0.39 is 43.1 Å². The molecule has 1 aliphatic rings. The maximum absolute atomic E-state index is 10.4. The van der Waals surface area contributed by atoms with E-state index in [1.54, 1.807) is 0 Å². The Morgan fingerprint density at radius 1 is 0.844 bits per heavy atom. The van der Waals surface area contributed by atoms with Crippen molar-refractivity contribution >= 4 is 11.0 Å². The number of aliphatic hydroxyl groups excluding tert-OH is 4. The number of aliphatic hydroxyl groups is 4. The van der Waals surface area contributed by atoms with E-state index >= 15 is 0 Å². The van der Waals surface area contributed by atoms with Gasteiger partial charge < -0.3 is 50.3 Å². The fourth-order valence-electron chi connectivity index (χ4n) is 3.45. The quantitative estimate of drug-likeness (QED) is 0.257. The summed E-state index contributed by atoms with van der Waals surface area (Å²) in [5.41, 5.74) is 0.294. The first kappa shape index (κ1) is 21.9. The zero-order valence-electron chi connectivity index (χ0n) is 16.4. The van der Waals surface area contributed by atoms with Crippen molar-refractivity contribution in [1.82, 2.24) is 0 Å². The van der Waals surface area contributed by atoms with E-state index in [-0.39, 0.29) is 45.3 Å². The number of rotatable bonds is 4. The van der Waals surface area contributed by atoms with Crippen molar-refractivity contribution in [1.29, 1.82) is 0 Å². The Bertz CT molecular complexity index is 1150. The van der Waals surface area contributed by atoms with Crippen LogP contribution in [0, 0.1) is 0 Å². The molecule has 1 aromatic heterocycles. The van der Waals surface area contributed by atoms with Crippen LogP contribution in [-0.4, -0.2) is 78.2 Å². The number of hydrogen-bond acceptors (Lipinski definition) is 10. The maximum atomic E-state index is 10.4. The molecule has 0 spiro atoms. The van der Waals surface area contributed by atoms with E-state index in [4.69, 9.17) is 13.9 Å². The molecule has 0 saturated carbocycles. The SMILES string of the molecule is OC[C@H]1O[C@@H](Oc2ccc(-c3[o+]c4cc(O)cc(O)c4cc3O)cc2O)[C@H](O)[C@H](O)[C@@H]1O. The first-order valence-electron chi connectivity index (χ1n) is 9.52. The fourth-order valence-corrected chi connectivity index (χ4v) is 3.45. The van der Waals surface area contributed by atoms with Crippen molar-refractivity contribution < 1.29 is 54.7 Å².